The zero-order valence-corrected chi connectivity index (χ0v) is 16.8. The second kappa shape index (κ2) is 12.0. The molecule has 4 unspecified atom stereocenters. The van der Waals surface area contributed by atoms with Crippen LogP contribution in [0.25, 0.3) is 0 Å². The molecular weight excluding hydrogens is 382 g/mol. The van der Waals surface area contributed by atoms with Crippen LogP contribution in [0, 0.1) is 5.92 Å². The van der Waals surface area contributed by atoms with Crippen LogP contribution in [-0.4, -0.2) is 65.9 Å². The molecule has 4 atom stereocenters. The van der Waals surface area contributed by atoms with E-state index in [1.165, 1.54) is 0 Å². The van der Waals surface area contributed by atoms with E-state index in [0.717, 1.165) is 13.0 Å². The Balaban J connectivity index is 2.59. The van der Waals surface area contributed by atoms with Crippen LogP contribution in [0.15, 0.2) is 0 Å². The molecule has 1 heterocycles. The molecule has 0 aromatic heterocycles. The molecule has 0 bridgehead atoms. The lowest BCUT2D eigenvalue weighted by Gasteiger charge is -2.25. The van der Waals surface area contributed by atoms with Gasteiger partial charge in [0, 0.05) is 6.42 Å². The summed E-state index contributed by atoms with van der Waals surface area (Å²) in [6.45, 7) is 3.99. The van der Waals surface area contributed by atoms with Crippen LogP contribution in [-0.2, 0) is 24.0 Å². The summed E-state index contributed by atoms with van der Waals surface area (Å²) in [5.41, 5.74) is 4.99. The number of primary amides is 1. The van der Waals surface area contributed by atoms with Crippen molar-refractivity contribution in [2.24, 2.45) is 11.7 Å². The normalized spacial score (nSPS) is 18.9. The maximum Gasteiger partial charge on any atom is 0.326 e. The monoisotopic (exact) mass is 413 g/mol. The third-order valence-corrected chi connectivity index (χ3v) is 4.91. The highest BCUT2D eigenvalue weighted by atomic mass is 16.4. The van der Waals surface area contributed by atoms with E-state index in [0.29, 0.717) is 12.8 Å². The van der Waals surface area contributed by atoms with Gasteiger partial charge < -0.3 is 32.1 Å². The lowest BCUT2D eigenvalue weighted by atomic mass is 9.97. The van der Waals surface area contributed by atoms with Gasteiger partial charge in [-0.2, -0.15) is 0 Å². The van der Waals surface area contributed by atoms with Gasteiger partial charge in [-0.1, -0.05) is 20.3 Å². The minimum Gasteiger partial charge on any atom is -0.480 e. The maximum absolute atomic E-state index is 12.5. The van der Waals surface area contributed by atoms with Crippen molar-refractivity contribution in [1.29, 1.82) is 0 Å². The number of carboxylic acid groups (broad SMARTS) is 1. The Morgan fingerprint density at radius 3 is 2.41 bits per heavy atom. The molecule has 0 aromatic rings. The van der Waals surface area contributed by atoms with Crippen molar-refractivity contribution in [3.8, 4) is 0 Å². The molecule has 0 radical (unpaired) electrons. The third-order valence-electron chi connectivity index (χ3n) is 4.91. The number of amides is 4. The van der Waals surface area contributed by atoms with Crippen LogP contribution in [0.3, 0.4) is 0 Å². The molecule has 164 valence electrons. The first-order valence-corrected chi connectivity index (χ1v) is 9.77. The number of aliphatic carboxylic acids is 1. The Morgan fingerprint density at radius 2 is 1.90 bits per heavy atom. The van der Waals surface area contributed by atoms with E-state index in [1.54, 1.807) is 0 Å². The van der Waals surface area contributed by atoms with Crippen molar-refractivity contribution >= 4 is 29.6 Å². The predicted octanol–water partition coefficient (Wildman–Crippen LogP) is -1.78. The van der Waals surface area contributed by atoms with Gasteiger partial charge in [0.15, 0.2) is 0 Å². The molecule has 7 N–H and O–H groups in total. The molecule has 11 heteroatoms. The van der Waals surface area contributed by atoms with Gasteiger partial charge >= 0.3 is 5.97 Å². The summed E-state index contributed by atoms with van der Waals surface area (Å²) < 4.78 is 0. The number of rotatable bonds is 12. The van der Waals surface area contributed by atoms with E-state index in [9.17, 15) is 24.0 Å². The van der Waals surface area contributed by atoms with Crippen molar-refractivity contribution < 1.29 is 29.1 Å². The summed E-state index contributed by atoms with van der Waals surface area (Å²) in [5.74, 6) is -3.65. The van der Waals surface area contributed by atoms with E-state index in [-0.39, 0.29) is 30.7 Å². The van der Waals surface area contributed by atoms with Gasteiger partial charge in [0.1, 0.15) is 12.1 Å². The van der Waals surface area contributed by atoms with Crippen LogP contribution in [0.5, 0.6) is 0 Å². The second-order valence-corrected chi connectivity index (χ2v) is 7.20. The van der Waals surface area contributed by atoms with Gasteiger partial charge in [-0.25, -0.2) is 4.79 Å². The summed E-state index contributed by atoms with van der Waals surface area (Å²) in [6, 6.07) is -2.43. The minimum absolute atomic E-state index is 0.149. The molecule has 0 spiro atoms. The SMILES string of the molecule is CCC(C)C(NC(=O)C1CCCN1)C(=O)NCC(=O)NC(CCC(N)=O)C(=O)O. The van der Waals surface area contributed by atoms with Crippen molar-refractivity contribution in [1.82, 2.24) is 21.3 Å². The topological polar surface area (TPSA) is 180 Å². The molecule has 11 nitrogen and oxygen atoms in total. The molecule has 1 fully saturated rings. The Kier molecular flexibility index (Phi) is 10.1. The predicted molar refractivity (Wildman–Crippen MR) is 103 cm³/mol. The van der Waals surface area contributed by atoms with E-state index in [1.807, 2.05) is 13.8 Å². The largest absolute Gasteiger partial charge is 0.480 e. The zero-order chi connectivity index (χ0) is 22.0. The molecular formula is C18H31N5O6. The summed E-state index contributed by atoms with van der Waals surface area (Å²) in [6.07, 6.45) is 1.88. The first kappa shape index (κ1) is 24.3. The molecule has 4 amide bonds. The van der Waals surface area contributed by atoms with E-state index < -0.39 is 42.3 Å². The molecule has 0 aromatic carbocycles. The standard InChI is InChI=1S/C18H31N5O6/c1-3-10(2)15(23-16(26)11-5-4-8-20-11)17(27)21-9-14(25)22-12(18(28)29)6-7-13(19)24/h10-12,15,20H,3-9H2,1-2H3,(H2,19,24)(H,21,27)(H,22,25)(H,23,26)(H,28,29). The lowest BCUT2D eigenvalue weighted by Crippen LogP contribution is -2.55. The highest BCUT2D eigenvalue weighted by Crippen LogP contribution is 2.11. The fraction of sp³-hybridized carbons (Fsp3) is 0.722. The number of hydrogen-bond acceptors (Lipinski definition) is 6. The Hall–Kier alpha value is -2.69. The highest BCUT2D eigenvalue weighted by molar-refractivity contribution is 5.93. The average molecular weight is 413 g/mol. The lowest BCUT2D eigenvalue weighted by molar-refractivity contribution is -0.142. The van der Waals surface area contributed by atoms with Crippen LogP contribution in [0.1, 0.15) is 46.0 Å². The van der Waals surface area contributed by atoms with Crippen molar-refractivity contribution in [3.05, 3.63) is 0 Å². The quantitative estimate of drug-likeness (QED) is 0.219. The first-order chi connectivity index (χ1) is 13.6. The fourth-order valence-electron chi connectivity index (χ4n) is 2.93. The van der Waals surface area contributed by atoms with Crippen molar-refractivity contribution in [2.75, 3.05) is 13.1 Å². The minimum atomic E-state index is -1.31. The second-order valence-electron chi connectivity index (χ2n) is 7.20. The number of nitrogens with two attached hydrogens (primary N) is 1. The van der Waals surface area contributed by atoms with Crippen molar-refractivity contribution in [3.63, 3.8) is 0 Å². The van der Waals surface area contributed by atoms with Crippen LogP contribution < -0.4 is 27.0 Å². The Labute approximate surface area is 169 Å². The Bertz CT molecular complexity index is 620. The number of carbonyl (C=O) groups excluding carboxylic acids is 4. The fourth-order valence-corrected chi connectivity index (χ4v) is 2.93. The van der Waals surface area contributed by atoms with E-state index in [4.69, 9.17) is 10.8 Å². The van der Waals surface area contributed by atoms with E-state index in [2.05, 4.69) is 21.3 Å². The summed E-state index contributed by atoms with van der Waals surface area (Å²) in [4.78, 5) is 58.8. The molecule has 0 saturated carbocycles. The zero-order valence-electron chi connectivity index (χ0n) is 16.8. The van der Waals surface area contributed by atoms with Gasteiger partial charge in [0.25, 0.3) is 0 Å². The smallest absolute Gasteiger partial charge is 0.326 e. The molecule has 29 heavy (non-hydrogen) atoms. The summed E-state index contributed by atoms with van der Waals surface area (Å²) in [7, 11) is 0. The number of hydrogen-bond donors (Lipinski definition) is 6. The van der Waals surface area contributed by atoms with Gasteiger partial charge in [0.05, 0.1) is 12.6 Å². The van der Waals surface area contributed by atoms with Gasteiger partial charge in [-0.05, 0) is 31.7 Å². The summed E-state index contributed by atoms with van der Waals surface area (Å²) in [5, 5.41) is 19.6. The number of carboxylic acids is 1. The van der Waals surface area contributed by atoms with Crippen LogP contribution in [0.4, 0.5) is 0 Å². The summed E-state index contributed by atoms with van der Waals surface area (Å²) >= 11 is 0. The van der Waals surface area contributed by atoms with Gasteiger partial charge in [-0.15, -0.1) is 0 Å². The molecule has 1 aliphatic heterocycles. The highest BCUT2D eigenvalue weighted by Gasteiger charge is 2.30. The first-order valence-electron chi connectivity index (χ1n) is 9.77. The Morgan fingerprint density at radius 1 is 1.21 bits per heavy atom. The maximum atomic E-state index is 12.5. The third kappa shape index (κ3) is 8.46. The van der Waals surface area contributed by atoms with Crippen molar-refractivity contribution in [2.45, 2.75) is 64.1 Å². The molecule has 1 aliphatic rings. The number of carbonyl (C=O) groups is 5. The molecule has 1 rings (SSSR count). The van der Waals surface area contributed by atoms with Gasteiger partial charge in [0.2, 0.25) is 23.6 Å². The average Bonchev–Trinajstić information content (AvgIpc) is 3.21. The molecule has 0 aliphatic carbocycles. The molecule has 1 saturated heterocycles. The van der Waals surface area contributed by atoms with Gasteiger partial charge in [-0.3, -0.25) is 19.2 Å². The van der Waals surface area contributed by atoms with Crippen LogP contribution in [0.2, 0.25) is 0 Å². The van der Waals surface area contributed by atoms with E-state index >= 15 is 0 Å². The van der Waals surface area contributed by atoms with Crippen LogP contribution >= 0.6 is 0 Å². The number of nitrogens with one attached hydrogen (secondary N) is 4.